The summed E-state index contributed by atoms with van der Waals surface area (Å²) >= 11 is 0. The molecule has 1 aromatic carbocycles. The van der Waals surface area contributed by atoms with Crippen molar-refractivity contribution in [3.05, 3.63) is 47.9 Å². The zero-order valence-corrected chi connectivity index (χ0v) is 16.1. The number of aromatic nitrogens is 2. The summed E-state index contributed by atoms with van der Waals surface area (Å²) in [6.07, 6.45) is 3.34. The van der Waals surface area contributed by atoms with Crippen LogP contribution in [-0.2, 0) is 16.4 Å². The number of benzene rings is 1. The molecule has 1 aromatic heterocycles. The Balaban J connectivity index is 1.62. The van der Waals surface area contributed by atoms with Crippen molar-refractivity contribution in [2.24, 2.45) is 0 Å². The molecule has 1 amide bonds. The lowest BCUT2D eigenvalue weighted by Crippen LogP contribution is -2.38. The molecule has 2 heterocycles. The summed E-state index contributed by atoms with van der Waals surface area (Å²) in [7, 11) is 0.164. The molecule has 8 nitrogen and oxygen atoms in total. The van der Waals surface area contributed by atoms with Crippen LogP contribution in [0.5, 0.6) is 5.75 Å². The number of carbonyl (C=O) groups excluding carboxylic acids is 1. The summed E-state index contributed by atoms with van der Waals surface area (Å²) in [5.41, 5.74) is 1.16. The van der Waals surface area contributed by atoms with Gasteiger partial charge in [0.1, 0.15) is 17.3 Å². The van der Waals surface area contributed by atoms with Crippen molar-refractivity contribution in [1.82, 2.24) is 14.9 Å². The average molecular weight is 390 g/mol. The quantitative estimate of drug-likeness (QED) is 0.794. The fraction of sp³-hybridized carbons (Fsp3) is 0.389. The van der Waals surface area contributed by atoms with Crippen molar-refractivity contribution in [2.45, 2.75) is 19.0 Å². The van der Waals surface area contributed by atoms with Crippen LogP contribution in [0.1, 0.15) is 22.5 Å². The number of hydrogen-bond donors (Lipinski definition) is 1. The Morgan fingerprint density at radius 3 is 2.70 bits per heavy atom. The zero-order valence-electron chi connectivity index (χ0n) is 15.3. The Morgan fingerprint density at radius 1 is 1.30 bits per heavy atom. The van der Waals surface area contributed by atoms with Crippen LogP contribution in [0.4, 0.5) is 5.82 Å². The molecule has 0 spiro atoms. The Bertz CT molecular complexity index is 915. The maximum Gasteiger partial charge on any atom is 0.274 e. The monoisotopic (exact) mass is 390 g/mol. The van der Waals surface area contributed by atoms with Crippen molar-refractivity contribution in [2.75, 3.05) is 31.0 Å². The summed E-state index contributed by atoms with van der Waals surface area (Å²) in [5.74, 6) is 1.09. The predicted molar refractivity (Wildman–Crippen MR) is 102 cm³/mol. The number of carbonyl (C=O) groups is 1. The fourth-order valence-corrected chi connectivity index (χ4v) is 4.77. The van der Waals surface area contributed by atoms with E-state index < -0.39 is 9.84 Å². The van der Waals surface area contributed by atoms with Crippen LogP contribution in [0, 0.1) is 0 Å². The first-order valence-electron chi connectivity index (χ1n) is 8.55. The minimum Gasteiger partial charge on any atom is -0.496 e. The molecule has 1 fully saturated rings. The number of methoxy groups -OCH3 is 1. The third-order valence-electron chi connectivity index (χ3n) is 4.60. The fourth-order valence-electron chi connectivity index (χ4n) is 2.99. The number of hydrogen-bond acceptors (Lipinski definition) is 7. The lowest BCUT2D eigenvalue weighted by molar-refractivity contribution is 0.0741. The second-order valence-electron chi connectivity index (χ2n) is 6.43. The number of amides is 1. The zero-order chi connectivity index (χ0) is 19.4. The molecule has 0 radical (unpaired) electrons. The number of anilines is 1. The van der Waals surface area contributed by atoms with Gasteiger partial charge >= 0.3 is 0 Å². The van der Waals surface area contributed by atoms with Gasteiger partial charge in [-0.2, -0.15) is 0 Å². The molecule has 0 aliphatic carbocycles. The van der Waals surface area contributed by atoms with Crippen LogP contribution in [0.3, 0.4) is 0 Å². The van der Waals surface area contributed by atoms with Crippen LogP contribution in [-0.4, -0.2) is 60.9 Å². The van der Waals surface area contributed by atoms with E-state index in [0.717, 1.165) is 11.3 Å². The summed E-state index contributed by atoms with van der Waals surface area (Å²) < 4.78 is 28.5. The van der Waals surface area contributed by atoms with Crippen molar-refractivity contribution in [1.29, 1.82) is 0 Å². The van der Waals surface area contributed by atoms with E-state index >= 15 is 0 Å². The molecular weight excluding hydrogens is 368 g/mol. The lowest BCUT2D eigenvalue weighted by Gasteiger charge is -2.22. The number of nitrogens with zero attached hydrogens (tertiary/aromatic N) is 3. The number of para-hydroxylation sites is 1. The van der Waals surface area contributed by atoms with Gasteiger partial charge in [-0.25, -0.2) is 18.4 Å². The van der Waals surface area contributed by atoms with E-state index in [1.807, 2.05) is 24.3 Å². The van der Waals surface area contributed by atoms with Gasteiger partial charge in [-0.3, -0.25) is 4.79 Å². The van der Waals surface area contributed by atoms with Crippen LogP contribution < -0.4 is 10.1 Å². The molecular formula is C18H22N4O4S. The van der Waals surface area contributed by atoms with Gasteiger partial charge in [0.2, 0.25) is 0 Å². The van der Waals surface area contributed by atoms with Crippen molar-refractivity contribution in [3.8, 4) is 5.75 Å². The molecule has 1 aliphatic rings. The van der Waals surface area contributed by atoms with Crippen molar-refractivity contribution >= 4 is 21.6 Å². The SMILES string of the molecule is COc1ccccc1CNc1cnc(C(=O)N(C)C2CCS(=O)(=O)C2)cn1. The van der Waals surface area contributed by atoms with E-state index in [-0.39, 0.29) is 29.1 Å². The van der Waals surface area contributed by atoms with Gasteiger partial charge in [-0.1, -0.05) is 18.2 Å². The van der Waals surface area contributed by atoms with Crippen LogP contribution in [0.15, 0.2) is 36.7 Å². The summed E-state index contributed by atoms with van der Waals surface area (Å²) in [6, 6.07) is 7.33. The van der Waals surface area contributed by atoms with Crippen LogP contribution in [0.2, 0.25) is 0 Å². The first-order chi connectivity index (χ1) is 12.9. The molecule has 0 saturated carbocycles. The molecule has 1 aliphatic heterocycles. The second-order valence-corrected chi connectivity index (χ2v) is 8.65. The highest BCUT2D eigenvalue weighted by Crippen LogP contribution is 2.19. The number of sulfone groups is 1. The average Bonchev–Trinajstić information content (AvgIpc) is 3.05. The van der Waals surface area contributed by atoms with Crippen LogP contribution in [0.25, 0.3) is 0 Å². The highest BCUT2D eigenvalue weighted by Gasteiger charge is 2.33. The Morgan fingerprint density at radius 2 is 2.07 bits per heavy atom. The minimum absolute atomic E-state index is 0.00121. The molecule has 1 N–H and O–H groups in total. The van der Waals surface area contributed by atoms with Gasteiger partial charge in [0.15, 0.2) is 9.84 Å². The molecule has 9 heteroatoms. The van der Waals surface area contributed by atoms with Gasteiger partial charge in [0, 0.05) is 25.2 Å². The molecule has 144 valence electrons. The summed E-state index contributed by atoms with van der Waals surface area (Å²) in [6.45, 7) is 0.506. The topological polar surface area (TPSA) is 101 Å². The lowest BCUT2D eigenvalue weighted by atomic mass is 10.2. The number of ether oxygens (including phenoxy) is 1. The first-order valence-corrected chi connectivity index (χ1v) is 10.4. The second kappa shape index (κ2) is 7.91. The van der Waals surface area contributed by atoms with E-state index in [2.05, 4.69) is 15.3 Å². The third kappa shape index (κ3) is 4.54. The van der Waals surface area contributed by atoms with Gasteiger partial charge in [0.25, 0.3) is 5.91 Å². The third-order valence-corrected chi connectivity index (χ3v) is 6.35. The van der Waals surface area contributed by atoms with E-state index in [1.165, 1.54) is 17.3 Å². The normalized spacial score (nSPS) is 18.1. The van der Waals surface area contributed by atoms with E-state index in [9.17, 15) is 13.2 Å². The van der Waals surface area contributed by atoms with E-state index in [4.69, 9.17) is 4.74 Å². The molecule has 1 saturated heterocycles. The summed E-state index contributed by atoms with van der Waals surface area (Å²) in [5, 5.41) is 3.14. The molecule has 3 rings (SSSR count). The smallest absolute Gasteiger partial charge is 0.274 e. The van der Waals surface area contributed by atoms with Gasteiger partial charge in [-0.05, 0) is 12.5 Å². The Hall–Kier alpha value is -2.68. The maximum absolute atomic E-state index is 12.5. The Kier molecular flexibility index (Phi) is 5.59. The summed E-state index contributed by atoms with van der Waals surface area (Å²) in [4.78, 5) is 22.3. The molecule has 1 atom stereocenters. The largest absolute Gasteiger partial charge is 0.496 e. The van der Waals surface area contributed by atoms with Gasteiger partial charge < -0.3 is 15.0 Å². The van der Waals surface area contributed by atoms with Gasteiger partial charge in [-0.15, -0.1) is 0 Å². The van der Waals surface area contributed by atoms with E-state index in [1.54, 1.807) is 14.2 Å². The standard InChI is InChI=1S/C18H22N4O4S/c1-22(14-7-8-27(24,25)12-14)18(23)15-10-21-17(11-19-15)20-9-13-5-3-4-6-16(13)26-2/h3-6,10-11,14H,7-9,12H2,1-2H3,(H,20,21). The van der Waals surface area contributed by atoms with Crippen molar-refractivity contribution < 1.29 is 17.9 Å². The van der Waals surface area contributed by atoms with Crippen LogP contribution >= 0.6 is 0 Å². The Labute approximate surface area is 158 Å². The molecule has 27 heavy (non-hydrogen) atoms. The molecule has 0 bridgehead atoms. The van der Waals surface area contributed by atoms with Crippen molar-refractivity contribution in [3.63, 3.8) is 0 Å². The first kappa shape index (κ1) is 19.1. The number of rotatable bonds is 6. The molecule has 2 aromatic rings. The highest BCUT2D eigenvalue weighted by atomic mass is 32.2. The highest BCUT2D eigenvalue weighted by molar-refractivity contribution is 7.91. The predicted octanol–water partition coefficient (Wildman–Crippen LogP) is 1.36. The maximum atomic E-state index is 12.5. The molecule has 1 unspecified atom stereocenters. The van der Waals surface area contributed by atoms with E-state index in [0.29, 0.717) is 18.8 Å². The minimum atomic E-state index is -3.05. The number of nitrogens with one attached hydrogen (secondary N) is 1. The van der Waals surface area contributed by atoms with Gasteiger partial charge in [0.05, 0.1) is 31.0 Å².